The molecular formula is C36H34N2O3. The van der Waals surface area contributed by atoms with Crippen molar-refractivity contribution in [2.75, 3.05) is 16.8 Å². The van der Waals surface area contributed by atoms with E-state index >= 15 is 0 Å². The van der Waals surface area contributed by atoms with Crippen LogP contribution in [0.2, 0.25) is 0 Å². The van der Waals surface area contributed by atoms with Gasteiger partial charge >= 0.3 is 0 Å². The summed E-state index contributed by atoms with van der Waals surface area (Å²) < 4.78 is 5.86. The molecule has 2 aliphatic rings. The molecule has 0 aromatic heterocycles. The SMILES string of the molecule is CCCCOc1ccc([C@H]2CC(=O)C3=C(C2)Nc2ccccc2N(C(=O)c2ccccc2)[C@@H]3c2ccccc2)cc1. The average Bonchev–Trinajstić information content (AvgIpc) is 3.17. The fourth-order valence-electron chi connectivity index (χ4n) is 5.89. The van der Waals surface area contributed by atoms with Gasteiger partial charge in [0, 0.05) is 23.3 Å². The molecule has 206 valence electrons. The Labute approximate surface area is 241 Å². The molecule has 1 amide bonds. The molecule has 0 unspecified atom stereocenters. The van der Waals surface area contributed by atoms with Crippen LogP contribution in [0.4, 0.5) is 11.4 Å². The van der Waals surface area contributed by atoms with E-state index in [0.29, 0.717) is 30.6 Å². The molecule has 0 saturated heterocycles. The number of hydrogen-bond donors (Lipinski definition) is 1. The van der Waals surface area contributed by atoms with Gasteiger partial charge in [-0.15, -0.1) is 0 Å². The van der Waals surface area contributed by atoms with Gasteiger partial charge in [0.1, 0.15) is 5.75 Å². The third-order valence-corrected chi connectivity index (χ3v) is 7.96. The number of para-hydroxylation sites is 2. The number of anilines is 2. The first-order valence-electron chi connectivity index (χ1n) is 14.4. The normalized spacial score (nSPS) is 18.2. The minimum atomic E-state index is -0.558. The minimum Gasteiger partial charge on any atom is -0.494 e. The molecule has 4 aromatic carbocycles. The minimum absolute atomic E-state index is 0.0263. The average molecular weight is 543 g/mol. The molecule has 0 radical (unpaired) electrons. The number of Topliss-reactive ketones (excluding diaryl/α,β-unsaturated/α-hetero) is 1. The van der Waals surface area contributed by atoms with Crippen LogP contribution in [0.15, 0.2) is 120 Å². The van der Waals surface area contributed by atoms with Gasteiger partial charge < -0.3 is 10.1 Å². The van der Waals surface area contributed by atoms with Crippen molar-refractivity contribution in [2.24, 2.45) is 0 Å². The number of carbonyl (C=O) groups is 2. The van der Waals surface area contributed by atoms with E-state index in [1.165, 1.54) is 0 Å². The number of rotatable bonds is 7. The van der Waals surface area contributed by atoms with Gasteiger partial charge in [-0.05, 0) is 66.3 Å². The van der Waals surface area contributed by atoms with Gasteiger partial charge in [0.05, 0.1) is 24.0 Å². The highest BCUT2D eigenvalue weighted by Crippen LogP contribution is 2.47. The largest absolute Gasteiger partial charge is 0.494 e. The van der Waals surface area contributed by atoms with E-state index in [1.54, 1.807) is 4.90 Å². The Balaban J connectivity index is 1.43. The first-order chi connectivity index (χ1) is 20.1. The Morgan fingerprint density at radius 2 is 1.51 bits per heavy atom. The number of nitrogens with one attached hydrogen (secondary N) is 1. The summed E-state index contributed by atoms with van der Waals surface area (Å²) >= 11 is 0. The maximum absolute atomic E-state index is 14.2. The van der Waals surface area contributed by atoms with Crippen LogP contribution in [0.5, 0.6) is 5.75 Å². The number of ether oxygens (including phenoxy) is 1. The second kappa shape index (κ2) is 11.8. The van der Waals surface area contributed by atoms with E-state index in [4.69, 9.17) is 4.74 Å². The molecule has 1 heterocycles. The van der Waals surface area contributed by atoms with Gasteiger partial charge in [-0.3, -0.25) is 14.5 Å². The summed E-state index contributed by atoms with van der Waals surface area (Å²) in [6.45, 7) is 2.85. The van der Waals surface area contributed by atoms with Crippen LogP contribution < -0.4 is 15.0 Å². The highest BCUT2D eigenvalue weighted by molar-refractivity contribution is 6.12. The second-order valence-corrected chi connectivity index (χ2v) is 10.7. The van der Waals surface area contributed by atoms with Crippen molar-refractivity contribution in [3.05, 3.63) is 137 Å². The first kappa shape index (κ1) is 26.6. The van der Waals surface area contributed by atoms with Crippen molar-refractivity contribution in [3.63, 3.8) is 0 Å². The maximum atomic E-state index is 14.2. The lowest BCUT2D eigenvalue weighted by Crippen LogP contribution is -2.38. The van der Waals surface area contributed by atoms with Gasteiger partial charge in [-0.1, -0.05) is 86.1 Å². The first-order valence-corrected chi connectivity index (χ1v) is 14.4. The molecule has 0 saturated carbocycles. The number of carbonyl (C=O) groups excluding carboxylic acids is 2. The zero-order chi connectivity index (χ0) is 28.2. The molecule has 1 N–H and O–H groups in total. The van der Waals surface area contributed by atoms with Gasteiger partial charge in [-0.2, -0.15) is 0 Å². The van der Waals surface area contributed by atoms with Gasteiger partial charge in [0.15, 0.2) is 5.78 Å². The second-order valence-electron chi connectivity index (χ2n) is 10.7. The zero-order valence-electron chi connectivity index (χ0n) is 23.3. The Hall–Kier alpha value is -4.64. The highest BCUT2D eigenvalue weighted by Gasteiger charge is 2.41. The lowest BCUT2D eigenvalue weighted by molar-refractivity contribution is -0.116. The van der Waals surface area contributed by atoms with E-state index in [-0.39, 0.29) is 17.6 Å². The smallest absolute Gasteiger partial charge is 0.259 e. The Morgan fingerprint density at radius 3 is 2.24 bits per heavy atom. The Bertz CT molecular complexity index is 1560. The number of nitrogens with zero attached hydrogens (tertiary/aromatic N) is 1. The number of benzene rings is 4. The molecule has 4 aromatic rings. The van der Waals surface area contributed by atoms with Crippen LogP contribution in [0.3, 0.4) is 0 Å². The molecule has 2 atom stereocenters. The number of fused-ring (bicyclic) bond motifs is 1. The monoisotopic (exact) mass is 542 g/mol. The third-order valence-electron chi connectivity index (χ3n) is 7.96. The van der Waals surface area contributed by atoms with Crippen molar-refractivity contribution in [1.29, 1.82) is 0 Å². The molecule has 0 bridgehead atoms. The number of unbranched alkanes of at least 4 members (excludes halogenated alkanes) is 1. The van der Waals surface area contributed by atoms with Gasteiger partial charge in [-0.25, -0.2) is 0 Å². The van der Waals surface area contributed by atoms with Crippen LogP contribution in [0.25, 0.3) is 0 Å². The summed E-state index contributed by atoms with van der Waals surface area (Å²) in [5, 5.41) is 3.61. The van der Waals surface area contributed by atoms with Crippen LogP contribution in [0.1, 0.15) is 66.1 Å². The van der Waals surface area contributed by atoms with Gasteiger partial charge in [0.25, 0.3) is 5.91 Å². The number of ketones is 1. The van der Waals surface area contributed by atoms with Crippen molar-refractivity contribution in [2.45, 2.75) is 44.6 Å². The van der Waals surface area contributed by atoms with E-state index < -0.39 is 6.04 Å². The van der Waals surface area contributed by atoms with Crippen LogP contribution in [0, 0.1) is 0 Å². The number of amides is 1. The van der Waals surface area contributed by atoms with Crippen molar-refractivity contribution >= 4 is 23.1 Å². The third kappa shape index (κ3) is 5.40. The van der Waals surface area contributed by atoms with Crippen molar-refractivity contribution in [3.8, 4) is 5.75 Å². The van der Waals surface area contributed by atoms with E-state index in [1.807, 2.05) is 97.1 Å². The van der Waals surface area contributed by atoms with Gasteiger partial charge in [0.2, 0.25) is 0 Å². The summed E-state index contributed by atoms with van der Waals surface area (Å²) in [6, 6.07) is 34.6. The summed E-state index contributed by atoms with van der Waals surface area (Å²) in [7, 11) is 0. The Morgan fingerprint density at radius 1 is 0.829 bits per heavy atom. The van der Waals surface area contributed by atoms with Crippen molar-refractivity contribution in [1.82, 2.24) is 0 Å². The van der Waals surface area contributed by atoms with E-state index in [0.717, 1.165) is 46.8 Å². The molecule has 0 fully saturated rings. The fraction of sp³-hybridized carbons (Fsp3) is 0.222. The summed E-state index contributed by atoms with van der Waals surface area (Å²) in [5.41, 5.74) is 5.70. The Kier molecular flexibility index (Phi) is 7.68. The van der Waals surface area contributed by atoms with Crippen molar-refractivity contribution < 1.29 is 14.3 Å². The van der Waals surface area contributed by atoms with Crippen LogP contribution in [-0.4, -0.2) is 18.3 Å². The molecular weight excluding hydrogens is 508 g/mol. The maximum Gasteiger partial charge on any atom is 0.259 e. The molecule has 5 nitrogen and oxygen atoms in total. The van der Waals surface area contributed by atoms with Crippen LogP contribution >= 0.6 is 0 Å². The standard InChI is InChI=1S/C36H34N2O3/c1-2-3-22-41-29-20-18-25(19-21-29)28-23-31-34(33(39)24-28)35(26-12-6-4-7-13-26)38(32-17-11-10-16-30(32)37-31)36(40)27-14-8-5-9-15-27/h4-21,28,35,37H,2-3,22-24H2,1H3/t28-,35-/m1/s1. The highest BCUT2D eigenvalue weighted by atomic mass is 16.5. The molecule has 6 rings (SSSR count). The number of allylic oxidation sites excluding steroid dienone is 1. The van der Waals surface area contributed by atoms with Crippen LogP contribution in [-0.2, 0) is 4.79 Å². The molecule has 1 aliphatic carbocycles. The molecule has 0 spiro atoms. The zero-order valence-corrected chi connectivity index (χ0v) is 23.3. The fourth-order valence-corrected chi connectivity index (χ4v) is 5.89. The lowest BCUT2D eigenvalue weighted by Gasteiger charge is -2.35. The summed E-state index contributed by atoms with van der Waals surface area (Å²) in [6.07, 6.45) is 3.16. The predicted molar refractivity (Wildman–Crippen MR) is 163 cm³/mol. The topological polar surface area (TPSA) is 58.6 Å². The predicted octanol–water partition coefficient (Wildman–Crippen LogP) is 8.08. The number of hydrogen-bond acceptors (Lipinski definition) is 4. The molecule has 41 heavy (non-hydrogen) atoms. The van der Waals surface area contributed by atoms with E-state index in [2.05, 4.69) is 24.4 Å². The van der Waals surface area contributed by atoms with E-state index in [9.17, 15) is 9.59 Å². The summed E-state index contributed by atoms with van der Waals surface area (Å²) in [5.74, 6) is 0.791. The quantitative estimate of drug-likeness (QED) is 0.240. The lowest BCUT2D eigenvalue weighted by atomic mass is 9.78. The summed E-state index contributed by atoms with van der Waals surface area (Å²) in [4.78, 5) is 30.2. The molecule has 1 aliphatic heterocycles. The molecule has 5 heteroatoms.